The van der Waals surface area contributed by atoms with Crippen LogP contribution in [0.1, 0.15) is 0 Å². The summed E-state index contributed by atoms with van der Waals surface area (Å²) in [6.07, 6.45) is 0. The van der Waals surface area contributed by atoms with Gasteiger partial charge < -0.3 is 0 Å². The maximum absolute atomic E-state index is 14.2. The van der Waals surface area contributed by atoms with Gasteiger partial charge in [0.15, 0.2) is 0 Å². The van der Waals surface area contributed by atoms with Crippen LogP contribution < -0.4 is 0 Å². The van der Waals surface area contributed by atoms with Gasteiger partial charge in [-0.05, 0) is 23.8 Å². The van der Waals surface area contributed by atoms with Gasteiger partial charge in [-0.3, -0.25) is 0 Å². The molecule has 21 heavy (non-hydrogen) atoms. The van der Waals surface area contributed by atoms with E-state index in [0.29, 0.717) is 10.6 Å². The smallest absolute Gasteiger partial charge is 0.131 e. The van der Waals surface area contributed by atoms with Gasteiger partial charge in [0.1, 0.15) is 5.82 Å². The highest BCUT2D eigenvalue weighted by Crippen LogP contribution is 2.41. The second-order valence-electron chi connectivity index (χ2n) is 4.62. The van der Waals surface area contributed by atoms with E-state index >= 15 is 0 Å². The van der Waals surface area contributed by atoms with Crippen LogP contribution in [0.4, 0.5) is 4.39 Å². The first-order valence-corrected chi connectivity index (χ1v) is 7.64. The zero-order chi connectivity index (χ0) is 14.8. The fourth-order valence-corrected chi connectivity index (χ4v) is 3.18. The molecule has 0 unspecified atom stereocenters. The molecule has 3 heteroatoms. The average Bonchev–Trinajstić information content (AvgIpc) is 2.49. The van der Waals surface area contributed by atoms with Crippen molar-refractivity contribution in [3.63, 3.8) is 0 Å². The minimum Gasteiger partial charge on any atom is -0.206 e. The lowest BCUT2D eigenvalue weighted by Crippen LogP contribution is -1.90. The van der Waals surface area contributed by atoms with Crippen LogP contribution in [0.25, 0.3) is 22.3 Å². The largest absolute Gasteiger partial charge is 0.206 e. The van der Waals surface area contributed by atoms with E-state index in [1.165, 1.54) is 6.07 Å². The highest BCUT2D eigenvalue weighted by Gasteiger charge is 2.15. The van der Waals surface area contributed by atoms with Crippen LogP contribution in [0.3, 0.4) is 0 Å². The predicted octanol–water partition coefficient (Wildman–Crippen LogP) is 6.58. The van der Waals surface area contributed by atoms with Gasteiger partial charge >= 0.3 is 0 Å². The van der Waals surface area contributed by atoms with Crippen molar-refractivity contribution in [1.82, 2.24) is 0 Å². The Hall–Kier alpha value is -1.64. The summed E-state index contributed by atoms with van der Waals surface area (Å²) in [4.78, 5) is 0. The van der Waals surface area contributed by atoms with E-state index in [-0.39, 0.29) is 5.82 Å². The fourth-order valence-electron chi connectivity index (χ4n) is 2.37. The Morgan fingerprint density at radius 3 is 2.05 bits per heavy atom. The van der Waals surface area contributed by atoms with Gasteiger partial charge in [0.2, 0.25) is 0 Å². The molecule has 0 aliphatic rings. The molecule has 0 bridgehead atoms. The predicted molar refractivity (Wildman–Crippen MR) is 90.0 cm³/mol. The van der Waals surface area contributed by atoms with Gasteiger partial charge in [0.05, 0.1) is 0 Å². The van der Waals surface area contributed by atoms with E-state index in [9.17, 15) is 4.39 Å². The van der Waals surface area contributed by atoms with Crippen molar-refractivity contribution in [1.29, 1.82) is 0 Å². The van der Waals surface area contributed by atoms with Crippen LogP contribution in [-0.4, -0.2) is 0 Å². The van der Waals surface area contributed by atoms with Crippen LogP contribution in [0.15, 0.2) is 71.2 Å². The van der Waals surface area contributed by atoms with Crippen molar-refractivity contribution in [3.05, 3.63) is 82.0 Å². The zero-order valence-corrected chi connectivity index (χ0v) is 13.3. The molecule has 0 aromatic heterocycles. The number of benzene rings is 3. The maximum atomic E-state index is 14.2. The Kier molecular flexibility index (Phi) is 4.09. The van der Waals surface area contributed by atoms with E-state index in [2.05, 4.69) is 15.9 Å². The Balaban J connectivity index is 2.32. The molecule has 104 valence electrons. The van der Waals surface area contributed by atoms with E-state index in [4.69, 9.17) is 11.6 Å². The Morgan fingerprint density at radius 2 is 1.33 bits per heavy atom. The van der Waals surface area contributed by atoms with E-state index in [1.54, 1.807) is 12.1 Å². The molecule has 0 heterocycles. The van der Waals surface area contributed by atoms with Crippen molar-refractivity contribution in [2.24, 2.45) is 0 Å². The summed E-state index contributed by atoms with van der Waals surface area (Å²) in [5, 5.41) is 0.641. The monoisotopic (exact) mass is 360 g/mol. The van der Waals surface area contributed by atoms with Crippen LogP contribution in [0, 0.1) is 5.82 Å². The molecular weight excluding hydrogens is 351 g/mol. The molecule has 0 aliphatic carbocycles. The highest BCUT2D eigenvalue weighted by molar-refractivity contribution is 9.10. The molecule has 3 rings (SSSR count). The molecule has 0 nitrogen and oxygen atoms in total. The van der Waals surface area contributed by atoms with Gasteiger partial charge in [-0.15, -0.1) is 0 Å². The van der Waals surface area contributed by atoms with Crippen LogP contribution in [0.2, 0.25) is 5.02 Å². The standard InChI is InChI=1S/C18H11BrClF/c19-15-9-5-8-13(12-6-2-4-11-17(12)21)18(15)14-7-1-3-10-16(14)20/h1-11H. The molecule has 3 aromatic carbocycles. The van der Waals surface area contributed by atoms with E-state index in [1.807, 2.05) is 48.5 Å². The van der Waals surface area contributed by atoms with Gasteiger partial charge in [-0.2, -0.15) is 0 Å². The minimum absolute atomic E-state index is 0.246. The first-order valence-electron chi connectivity index (χ1n) is 6.47. The molecule has 0 spiro atoms. The van der Waals surface area contributed by atoms with Crippen molar-refractivity contribution < 1.29 is 4.39 Å². The number of halogens is 3. The second kappa shape index (κ2) is 6.00. The van der Waals surface area contributed by atoms with Crippen LogP contribution in [0.5, 0.6) is 0 Å². The van der Waals surface area contributed by atoms with Gasteiger partial charge in [0.25, 0.3) is 0 Å². The summed E-state index contributed by atoms with van der Waals surface area (Å²) >= 11 is 9.87. The number of hydrogen-bond donors (Lipinski definition) is 0. The van der Waals surface area contributed by atoms with Crippen molar-refractivity contribution >= 4 is 27.5 Å². The Labute approximate surface area is 136 Å². The summed E-state index contributed by atoms with van der Waals surface area (Å²) in [5.74, 6) is -0.246. The van der Waals surface area contributed by atoms with Crippen molar-refractivity contribution in [3.8, 4) is 22.3 Å². The normalized spacial score (nSPS) is 10.6. The third kappa shape index (κ3) is 2.74. The third-order valence-electron chi connectivity index (χ3n) is 3.32. The Bertz CT molecular complexity index is 799. The molecule has 0 amide bonds. The summed E-state index contributed by atoms with van der Waals surface area (Å²) < 4.78 is 15.0. The fraction of sp³-hybridized carbons (Fsp3) is 0. The lowest BCUT2D eigenvalue weighted by atomic mass is 9.94. The average molecular weight is 362 g/mol. The van der Waals surface area contributed by atoms with Gasteiger partial charge in [-0.1, -0.05) is 76.1 Å². The summed E-state index contributed by atoms with van der Waals surface area (Å²) in [5.41, 5.74) is 3.15. The molecular formula is C18H11BrClF. The maximum Gasteiger partial charge on any atom is 0.131 e. The number of hydrogen-bond acceptors (Lipinski definition) is 0. The third-order valence-corrected chi connectivity index (χ3v) is 4.31. The lowest BCUT2D eigenvalue weighted by Gasteiger charge is -2.14. The summed E-state index contributed by atoms with van der Waals surface area (Å²) in [7, 11) is 0. The molecule has 0 radical (unpaired) electrons. The van der Waals surface area contributed by atoms with E-state index in [0.717, 1.165) is 21.2 Å². The first-order chi connectivity index (χ1) is 10.2. The molecule has 0 atom stereocenters. The summed E-state index contributed by atoms with van der Waals surface area (Å²) in [6.45, 7) is 0. The van der Waals surface area contributed by atoms with Gasteiger partial charge in [-0.25, -0.2) is 4.39 Å². The van der Waals surface area contributed by atoms with Gasteiger partial charge in [0, 0.05) is 26.2 Å². The minimum atomic E-state index is -0.246. The SMILES string of the molecule is Fc1ccccc1-c1cccc(Br)c1-c1ccccc1Cl. The van der Waals surface area contributed by atoms with Crippen molar-refractivity contribution in [2.75, 3.05) is 0 Å². The molecule has 0 saturated heterocycles. The molecule has 0 aliphatic heterocycles. The van der Waals surface area contributed by atoms with Crippen LogP contribution in [-0.2, 0) is 0 Å². The molecule has 0 fully saturated rings. The first kappa shape index (κ1) is 14.3. The molecule has 0 saturated carbocycles. The lowest BCUT2D eigenvalue weighted by molar-refractivity contribution is 0.631. The molecule has 3 aromatic rings. The topological polar surface area (TPSA) is 0 Å². The quantitative estimate of drug-likeness (QED) is 0.484. The molecule has 0 N–H and O–H groups in total. The van der Waals surface area contributed by atoms with Crippen molar-refractivity contribution in [2.45, 2.75) is 0 Å². The summed E-state index contributed by atoms with van der Waals surface area (Å²) in [6, 6.07) is 20.1. The van der Waals surface area contributed by atoms with E-state index < -0.39 is 0 Å². The number of rotatable bonds is 2. The highest BCUT2D eigenvalue weighted by atomic mass is 79.9. The zero-order valence-electron chi connectivity index (χ0n) is 11.0. The Morgan fingerprint density at radius 1 is 0.714 bits per heavy atom. The second-order valence-corrected chi connectivity index (χ2v) is 5.88. The van der Waals surface area contributed by atoms with Crippen LogP contribution >= 0.6 is 27.5 Å².